The highest BCUT2D eigenvalue weighted by Crippen LogP contribution is 2.42. The average molecular weight is 407 g/mol. The number of fused-ring (bicyclic) bond motifs is 5. The number of para-hydroxylation sites is 1. The molecule has 0 saturated heterocycles. The molecule has 0 N–H and O–H groups in total. The first-order valence-corrected chi connectivity index (χ1v) is 12.3. The topological polar surface area (TPSA) is 8.17 Å². The van der Waals surface area contributed by atoms with E-state index in [0.717, 1.165) is 13.0 Å². The van der Waals surface area contributed by atoms with Crippen LogP contribution in [-0.2, 0) is 13.0 Å². The fourth-order valence-corrected chi connectivity index (χ4v) is 5.61. The molecule has 4 rings (SSSR count). The van der Waals surface area contributed by atoms with Crippen LogP contribution in [0.15, 0.2) is 53.4 Å². The van der Waals surface area contributed by atoms with Gasteiger partial charge in [-0.05, 0) is 63.5 Å². The van der Waals surface area contributed by atoms with Crippen LogP contribution in [0.5, 0.6) is 0 Å². The van der Waals surface area contributed by atoms with Crippen molar-refractivity contribution >= 4 is 22.7 Å². The Kier molecular flexibility index (Phi) is 6.99. The monoisotopic (exact) mass is 406 g/mol. The fourth-order valence-electron chi connectivity index (χ4n) is 4.59. The second kappa shape index (κ2) is 9.86. The molecule has 29 heavy (non-hydrogen) atoms. The van der Waals surface area contributed by atoms with Gasteiger partial charge < -0.3 is 9.47 Å². The lowest BCUT2D eigenvalue weighted by Crippen LogP contribution is -2.20. The Bertz CT molecular complexity index is 943. The van der Waals surface area contributed by atoms with Gasteiger partial charge in [-0.1, -0.05) is 56.2 Å². The zero-order valence-electron chi connectivity index (χ0n) is 18.0. The van der Waals surface area contributed by atoms with Crippen molar-refractivity contribution in [3.8, 4) is 11.3 Å². The van der Waals surface area contributed by atoms with Crippen LogP contribution in [0.2, 0.25) is 0 Å². The SMILES string of the molecule is CCCCN(C)CCCCCn1c2c(c3ccccc31)CCSc1ccccc1-2. The van der Waals surface area contributed by atoms with E-state index in [9.17, 15) is 0 Å². The van der Waals surface area contributed by atoms with Crippen molar-refractivity contribution in [2.24, 2.45) is 0 Å². The third-order valence-corrected chi connectivity index (χ3v) is 7.22. The highest BCUT2D eigenvalue weighted by atomic mass is 32.2. The summed E-state index contributed by atoms with van der Waals surface area (Å²) in [5, 5.41) is 1.46. The number of unbranched alkanes of at least 4 members (excludes halogenated alkanes) is 3. The molecule has 0 unspecified atom stereocenters. The predicted molar refractivity (Wildman–Crippen MR) is 128 cm³/mol. The smallest absolute Gasteiger partial charge is 0.0535 e. The summed E-state index contributed by atoms with van der Waals surface area (Å²) >= 11 is 2.01. The highest BCUT2D eigenvalue weighted by molar-refractivity contribution is 7.99. The fraction of sp³-hybridized carbons (Fsp3) is 0.462. The first-order valence-electron chi connectivity index (χ1n) is 11.3. The Balaban J connectivity index is 1.54. The largest absolute Gasteiger partial charge is 0.340 e. The molecule has 1 aliphatic rings. The van der Waals surface area contributed by atoms with Gasteiger partial charge in [0, 0.05) is 33.7 Å². The van der Waals surface area contributed by atoms with E-state index in [1.807, 2.05) is 11.8 Å². The van der Waals surface area contributed by atoms with Crippen molar-refractivity contribution in [1.29, 1.82) is 0 Å². The van der Waals surface area contributed by atoms with Gasteiger partial charge >= 0.3 is 0 Å². The summed E-state index contributed by atoms with van der Waals surface area (Å²) in [6.45, 7) is 5.85. The molecule has 3 aromatic rings. The molecule has 2 nitrogen and oxygen atoms in total. The van der Waals surface area contributed by atoms with E-state index in [-0.39, 0.29) is 0 Å². The molecule has 0 aliphatic carbocycles. The highest BCUT2D eigenvalue weighted by Gasteiger charge is 2.22. The zero-order valence-corrected chi connectivity index (χ0v) is 18.8. The number of benzene rings is 2. The molecule has 0 spiro atoms. The van der Waals surface area contributed by atoms with Crippen molar-refractivity contribution in [3.05, 3.63) is 54.1 Å². The van der Waals surface area contributed by atoms with Gasteiger partial charge in [0.15, 0.2) is 0 Å². The molecular formula is C26H34N2S. The van der Waals surface area contributed by atoms with Crippen molar-refractivity contribution in [1.82, 2.24) is 9.47 Å². The number of hydrogen-bond donors (Lipinski definition) is 0. The predicted octanol–water partition coefficient (Wildman–Crippen LogP) is 6.86. The summed E-state index contributed by atoms with van der Waals surface area (Å²) in [6, 6.07) is 18.0. The quantitative estimate of drug-likeness (QED) is 0.359. The number of aryl methyl sites for hydroxylation is 2. The maximum absolute atomic E-state index is 2.62. The van der Waals surface area contributed by atoms with Crippen LogP contribution in [0.1, 0.15) is 44.6 Å². The van der Waals surface area contributed by atoms with Crippen molar-refractivity contribution in [2.45, 2.75) is 56.9 Å². The summed E-state index contributed by atoms with van der Waals surface area (Å²) in [5.41, 5.74) is 5.88. The lowest BCUT2D eigenvalue weighted by Gasteiger charge is -2.16. The first-order chi connectivity index (χ1) is 14.3. The molecule has 0 amide bonds. The number of nitrogens with zero attached hydrogens (tertiary/aromatic N) is 2. The van der Waals surface area contributed by atoms with Gasteiger partial charge in [0.2, 0.25) is 0 Å². The molecule has 3 heteroatoms. The van der Waals surface area contributed by atoms with E-state index >= 15 is 0 Å². The molecule has 1 aromatic heterocycles. The van der Waals surface area contributed by atoms with Gasteiger partial charge in [0.05, 0.1) is 5.69 Å². The molecule has 0 radical (unpaired) electrons. The average Bonchev–Trinajstić information content (AvgIpc) is 2.93. The molecular weight excluding hydrogens is 372 g/mol. The minimum atomic E-state index is 1.12. The van der Waals surface area contributed by atoms with Gasteiger partial charge in [-0.25, -0.2) is 0 Å². The van der Waals surface area contributed by atoms with Crippen LogP contribution in [0.25, 0.3) is 22.2 Å². The number of aromatic nitrogens is 1. The van der Waals surface area contributed by atoms with Crippen molar-refractivity contribution in [3.63, 3.8) is 0 Å². The van der Waals surface area contributed by atoms with Crippen LogP contribution < -0.4 is 0 Å². The van der Waals surface area contributed by atoms with Gasteiger partial charge in [-0.3, -0.25) is 0 Å². The van der Waals surface area contributed by atoms with Crippen LogP contribution >= 0.6 is 11.8 Å². The minimum absolute atomic E-state index is 1.12. The summed E-state index contributed by atoms with van der Waals surface area (Å²) in [4.78, 5) is 3.93. The maximum atomic E-state index is 2.62. The van der Waals surface area contributed by atoms with Crippen molar-refractivity contribution in [2.75, 3.05) is 25.9 Å². The lowest BCUT2D eigenvalue weighted by atomic mass is 10.0. The van der Waals surface area contributed by atoms with E-state index in [4.69, 9.17) is 0 Å². The molecule has 154 valence electrons. The van der Waals surface area contributed by atoms with E-state index in [1.54, 1.807) is 5.56 Å². The molecule has 1 aliphatic heterocycles. The van der Waals surface area contributed by atoms with Crippen LogP contribution in [0.3, 0.4) is 0 Å². The lowest BCUT2D eigenvalue weighted by molar-refractivity contribution is 0.318. The third-order valence-electron chi connectivity index (χ3n) is 6.14. The van der Waals surface area contributed by atoms with Crippen LogP contribution in [0.4, 0.5) is 0 Å². The number of thioether (sulfide) groups is 1. The zero-order chi connectivity index (χ0) is 20.1. The minimum Gasteiger partial charge on any atom is -0.340 e. The van der Waals surface area contributed by atoms with Crippen LogP contribution in [0, 0.1) is 0 Å². The van der Waals surface area contributed by atoms with E-state index in [1.165, 1.54) is 78.0 Å². The van der Waals surface area contributed by atoms with Gasteiger partial charge in [-0.15, -0.1) is 11.8 Å². The van der Waals surface area contributed by atoms with Gasteiger partial charge in [0.25, 0.3) is 0 Å². The van der Waals surface area contributed by atoms with Gasteiger partial charge in [-0.2, -0.15) is 0 Å². The van der Waals surface area contributed by atoms with E-state index < -0.39 is 0 Å². The second-order valence-electron chi connectivity index (χ2n) is 8.31. The molecule has 0 saturated carbocycles. The van der Waals surface area contributed by atoms with E-state index in [2.05, 4.69) is 72.0 Å². The summed E-state index contributed by atoms with van der Waals surface area (Å²) in [5.74, 6) is 1.17. The number of rotatable bonds is 9. The Morgan fingerprint density at radius 1 is 0.931 bits per heavy atom. The second-order valence-corrected chi connectivity index (χ2v) is 9.44. The Morgan fingerprint density at radius 3 is 2.62 bits per heavy atom. The van der Waals surface area contributed by atoms with Crippen molar-refractivity contribution < 1.29 is 0 Å². The third kappa shape index (κ3) is 4.57. The molecule has 0 fully saturated rings. The molecule has 0 atom stereocenters. The van der Waals surface area contributed by atoms with Gasteiger partial charge in [0.1, 0.15) is 0 Å². The normalized spacial score (nSPS) is 13.5. The summed E-state index contributed by atoms with van der Waals surface area (Å²) in [7, 11) is 2.27. The molecule has 2 aromatic carbocycles. The standard InChI is InChI=1S/C26H34N2S/c1-3-4-17-27(2)18-10-5-11-19-28-24-14-8-6-12-21(24)22-16-20-29-25-15-9-7-13-23(25)26(22)28/h6-9,12-15H,3-5,10-11,16-20H2,1-2H3. The molecule has 0 bridgehead atoms. The first kappa shape index (κ1) is 20.6. The Hall–Kier alpha value is -1.71. The Morgan fingerprint density at radius 2 is 1.72 bits per heavy atom. The summed E-state index contributed by atoms with van der Waals surface area (Å²) < 4.78 is 2.62. The summed E-state index contributed by atoms with van der Waals surface area (Å²) in [6.07, 6.45) is 7.61. The Labute approximate surface area is 180 Å². The maximum Gasteiger partial charge on any atom is 0.0535 e. The number of hydrogen-bond acceptors (Lipinski definition) is 2. The van der Waals surface area contributed by atoms with Crippen LogP contribution in [-0.4, -0.2) is 35.4 Å². The van der Waals surface area contributed by atoms with E-state index in [0.29, 0.717) is 0 Å². The molecule has 2 heterocycles.